The summed E-state index contributed by atoms with van der Waals surface area (Å²) in [6.07, 6.45) is 3.15. The van der Waals surface area contributed by atoms with Gasteiger partial charge in [0.15, 0.2) is 0 Å². The lowest BCUT2D eigenvalue weighted by atomic mass is 9.90. The van der Waals surface area contributed by atoms with E-state index in [0.717, 1.165) is 32.5 Å². The molecular formula is C17H21N3O3S2. The Morgan fingerprint density at radius 3 is 2.84 bits per heavy atom. The second-order valence-corrected chi connectivity index (χ2v) is 9.55. The molecule has 2 aromatic rings. The molecule has 1 saturated heterocycles. The molecule has 1 fully saturated rings. The third kappa shape index (κ3) is 3.19. The number of hydrogen-bond donors (Lipinski definition) is 0. The zero-order valence-corrected chi connectivity index (χ0v) is 15.7. The molecule has 8 heteroatoms. The predicted molar refractivity (Wildman–Crippen MR) is 96.2 cm³/mol. The molecule has 0 aromatic carbocycles. The van der Waals surface area contributed by atoms with Crippen molar-refractivity contribution < 1.29 is 13.2 Å². The number of nitrogens with zero attached hydrogens (tertiary/aromatic N) is 3. The highest BCUT2D eigenvalue weighted by Gasteiger charge is 2.44. The first kappa shape index (κ1) is 17.0. The standard InChI is InChI=1S/C17H21N3O3S2/c1-19-13-17(23-16-15(25(19,21)22)3-2-7-18-16)5-8-20(9-6-17)11-14-4-10-24-12-14/h2-4,7,10,12H,5-6,8-9,11,13H2,1H3. The quantitative estimate of drug-likeness (QED) is 0.800. The molecule has 6 nitrogen and oxygen atoms in total. The maximum atomic E-state index is 12.7. The largest absolute Gasteiger partial charge is 0.469 e. The minimum Gasteiger partial charge on any atom is -0.469 e. The van der Waals surface area contributed by atoms with Crippen molar-refractivity contribution in [1.82, 2.24) is 14.2 Å². The highest BCUT2D eigenvalue weighted by molar-refractivity contribution is 7.89. The summed E-state index contributed by atoms with van der Waals surface area (Å²) >= 11 is 1.71. The van der Waals surface area contributed by atoms with Crippen molar-refractivity contribution in [3.63, 3.8) is 0 Å². The van der Waals surface area contributed by atoms with Crippen LogP contribution in [0.1, 0.15) is 18.4 Å². The summed E-state index contributed by atoms with van der Waals surface area (Å²) in [7, 11) is -1.93. The van der Waals surface area contributed by atoms with E-state index in [9.17, 15) is 8.42 Å². The third-order valence-corrected chi connectivity index (χ3v) is 7.55. The van der Waals surface area contributed by atoms with Gasteiger partial charge in [0.05, 0.1) is 6.54 Å². The number of likely N-dealkylation sites (tertiary alicyclic amines) is 1. The molecule has 0 atom stereocenters. The van der Waals surface area contributed by atoms with Gasteiger partial charge < -0.3 is 4.74 Å². The fourth-order valence-electron chi connectivity index (χ4n) is 3.56. The van der Waals surface area contributed by atoms with E-state index in [1.807, 2.05) is 0 Å². The van der Waals surface area contributed by atoms with Crippen LogP contribution in [-0.4, -0.2) is 54.9 Å². The number of sulfonamides is 1. The minimum absolute atomic E-state index is 0.162. The molecule has 0 bridgehead atoms. The number of aromatic nitrogens is 1. The maximum absolute atomic E-state index is 12.7. The molecule has 2 aliphatic rings. The van der Waals surface area contributed by atoms with Crippen LogP contribution in [0.4, 0.5) is 0 Å². The Bertz CT molecular complexity index is 844. The molecule has 25 heavy (non-hydrogen) atoms. The van der Waals surface area contributed by atoms with E-state index in [2.05, 4.69) is 26.7 Å². The van der Waals surface area contributed by atoms with Crippen molar-refractivity contribution in [3.05, 3.63) is 40.7 Å². The fourth-order valence-corrected chi connectivity index (χ4v) is 5.53. The molecule has 4 heterocycles. The van der Waals surface area contributed by atoms with Gasteiger partial charge in [-0.05, 0) is 34.5 Å². The van der Waals surface area contributed by atoms with E-state index in [1.54, 1.807) is 36.7 Å². The lowest BCUT2D eigenvalue weighted by Crippen LogP contribution is -2.53. The predicted octanol–water partition coefficient (Wildman–Crippen LogP) is 2.19. The maximum Gasteiger partial charge on any atom is 0.248 e. The molecule has 0 N–H and O–H groups in total. The van der Waals surface area contributed by atoms with Gasteiger partial charge in [0.25, 0.3) is 0 Å². The van der Waals surface area contributed by atoms with Crippen LogP contribution in [0.15, 0.2) is 40.1 Å². The van der Waals surface area contributed by atoms with Gasteiger partial charge in [-0.1, -0.05) is 0 Å². The Labute approximate surface area is 152 Å². The number of thiophene rings is 1. The fraction of sp³-hybridized carbons (Fsp3) is 0.471. The van der Waals surface area contributed by atoms with Gasteiger partial charge >= 0.3 is 0 Å². The SMILES string of the molecule is CN1CC2(CCN(Cc3ccsc3)CC2)Oc2ncccc2S1(=O)=O. The van der Waals surface area contributed by atoms with Crippen molar-refractivity contribution in [1.29, 1.82) is 0 Å². The summed E-state index contributed by atoms with van der Waals surface area (Å²) in [6, 6.07) is 5.35. The van der Waals surface area contributed by atoms with E-state index < -0.39 is 15.6 Å². The van der Waals surface area contributed by atoms with Crippen LogP contribution < -0.4 is 4.74 Å². The first-order valence-electron chi connectivity index (χ1n) is 8.32. The summed E-state index contributed by atoms with van der Waals surface area (Å²) in [6.45, 7) is 3.05. The van der Waals surface area contributed by atoms with Gasteiger partial charge in [-0.25, -0.2) is 13.4 Å². The lowest BCUT2D eigenvalue weighted by molar-refractivity contribution is -0.0120. The van der Waals surface area contributed by atoms with Crippen molar-refractivity contribution in [2.45, 2.75) is 29.9 Å². The summed E-state index contributed by atoms with van der Waals surface area (Å²) in [5, 5.41) is 4.27. The van der Waals surface area contributed by atoms with E-state index in [1.165, 1.54) is 9.87 Å². The van der Waals surface area contributed by atoms with Crippen LogP contribution in [0.5, 0.6) is 5.88 Å². The first-order chi connectivity index (χ1) is 12.0. The normalized spacial score (nSPS) is 22.9. The van der Waals surface area contributed by atoms with Crippen LogP contribution in [0, 0.1) is 0 Å². The first-order valence-corrected chi connectivity index (χ1v) is 10.7. The molecule has 1 spiro atoms. The lowest BCUT2D eigenvalue weighted by Gasteiger charge is -2.41. The van der Waals surface area contributed by atoms with Crippen LogP contribution in [0.25, 0.3) is 0 Å². The highest BCUT2D eigenvalue weighted by atomic mass is 32.2. The van der Waals surface area contributed by atoms with E-state index in [4.69, 9.17) is 4.74 Å². The number of ether oxygens (including phenoxy) is 1. The van der Waals surface area contributed by atoms with E-state index >= 15 is 0 Å². The topological polar surface area (TPSA) is 62.7 Å². The Morgan fingerprint density at radius 2 is 2.12 bits per heavy atom. The van der Waals surface area contributed by atoms with Crippen LogP contribution in [-0.2, 0) is 16.6 Å². The van der Waals surface area contributed by atoms with Crippen LogP contribution in [0.3, 0.4) is 0 Å². The number of pyridine rings is 1. The van der Waals surface area contributed by atoms with Gasteiger partial charge in [-0.15, -0.1) is 0 Å². The molecule has 0 aliphatic carbocycles. The molecule has 0 unspecified atom stereocenters. The van der Waals surface area contributed by atoms with Crippen molar-refractivity contribution in [2.75, 3.05) is 26.7 Å². The molecule has 4 rings (SSSR count). The third-order valence-electron chi connectivity index (χ3n) is 5.00. The summed E-state index contributed by atoms with van der Waals surface area (Å²) < 4.78 is 33.1. The second-order valence-electron chi connectivity index (χ2n) is 6.76. The molecule has 134 valence electrons. The number of piperidine rings is 1. The Morgan fingerprint density at radius 1 is 1.32 bits per heavy atom. The summed E-state index contributed by atoms with van der Waals surface area (Å²) in [5.74, 6) is 0.234. The van der Waals surface area contributed by atoms with Crippen molar-refractivity contribution >= 4 is 21.4 Å². The summed E-state index contributed by atoms with van der Waals surface area (Å²) in [4.78, 5) is 6.76. The number of hydrogen-bond acceptors (Lipinski definition) is 6. The Hall–Kier alpha value is -1.48. The van der Waals surface area contributed by atoms with Crippen LogP contribution >= 0.6 is 11.3 Å². The van der Waals surface area contributed by atoms with Gasteiger partial charge in [0.2, 0.25) is 15.9 Å². The van der Waals surface area contributed by atoms with Gasteiger partial charge in [-0.3, -0.25) is 4.90 Å². The average molecular weight is 380 g/mol. The zero-order chi connectivity index (χ0) is 17.5. The van der Waals surface area contributed by atoms with Gasteiger partial charge in [0.1, 0.15) is 10.5 Å². The zero-order valence-electron chi connectivity index (χ0n) is 14.1. The van der Waals surface area contributed by atoms with Crippen molar-refractivity contribution in [3.8, 4) is 5.88 Å². The number of rotatable bonds is 2. The number of likely N-dealkylation sites (N-methyl/N-ethyl adjacent to an activating group) is 1. The molecule has 0 amide bonds. The molecule has 0 radical (unpaired) electrons. The van der Waals surface area contributed by atoms with E-state index in [-0.39, 0.29) is 10.8 Å². The number of fused-ring (bicyclic) bond motifs is 1. The van der Waals surface area contributed by atoms with Gasteiger partial charge in [0, 0.05) is 45.7 Å². The second kappa shape index (κ2) is 6.35. The van der Waals surface area contributed by atoms with E-state index in [0.29, 0.717) is 6.54 Å². The monoisotopic (exact) mass is 379 g/mol. The van der Waals surface area contributed by atoms with Gasteiger partial charge in [-0.2, -0.15) is 15.6 Å². The molecule has 0 saturated carbocycles. The highest BCUT2D eigenvalue weighted by Crippen LogP contribution is 2.37. The minimum atomic E-state index is -3.55. The Balaban J connectivity index is 1.55. The summed E-state index contributed by atoms with van der Waals surface area (Å²) in [5.41, 5.74) is 0.821. The Kier molecular flexibility index (Phi) is 4.31. The molecule has 2 aliphatic heterocycles. The smallest absolute Gasteiger partial charge is 0.248 e. The molecule has 2 aromatic heterocycles. The molecular weight excluding hydrogens is 358 g/mol. The average Bonchev–Trinajstić information content (AvgIpc) is 3.08. The van der Waals surface area contributed by atoms with Crippen molar-refractivity contribution in [2.24, 2.45) is 0 Å². The van der Waals surface area contributed by atoms with Crippen LogP contribution in [0.2, 0.25) is 0 Å².